The second kappa shape index (κ2) is 7.41. The molecular formula is C14H22FNO. The van der Waals surface area contributed by atoms with E-state index in [0.29, 0.717) is 11.8 Å². The fourth-order valence-electron chi connectivity index (χ4n) is 1.68. The highest BCUT2D eigenvalue weighted by Crippen LogP contribution is 2.08. The van der Waals surface area contributed by atoms with Gasteiger partial charge in [0.05, 0.1) is 0 Å². The molecule has 0 fully saturated rings. The second-order valence-corrected chi connectivity index (χ2v) is 4.77. The van der Waals surface area contributed by atoms with E-state index in [-0.39, 0.29) is 12.4 Å². The maximum absolute atomic E-state index is 12.7. The van der Waals surface area contributed by atoms with Gasteiger partial charge in [-0.15, -0.1) is 0 Å². The van der Waals surface area contributed by atoms with Crippen LogP contribution in [0, 0.1) is 17.7 Å². The molecule has 96 valence electrons. The molecule has 0 radical (unpaired) electrons. The molecule has 0 aromatic heterocycles. The zero-order valence-electron chi connectivity index (χ0n) is 10.6. The molecule has 0 bridgehead atoms. The van der Waals surface area contributed by atoms with Crippen LogP contribution in [0.4, 0.5) is 4.39 Å². The van der Waals surface area contributed by atoms with Crippen LogP contribution in [-0.4, -0.2) is 24.8 Å². The summed E-state index contributed by atoms with van der Waals surface area (Å²) < 4.78 is 12.7. The minimum Gasteiger partial charge on any atom is -0.396 e. The molecule has 0 spiro atoms. The molecular weight excluding hydrogens is 217 g/mol. The zero-order chi connectivity index (χ0) is 12.7. The molecule has 0 saturated heterocycles. The Hall–Kier alpha value is -0.930. The maximum atomic E-state index is 12.7. The minimum absolute atomic E-state index is 0.193. The van der Waals surface area contributed by atoms with E-state index in [0.717, 1.165) is 25.1 Å². The highest BCUT2D eigenvalue weighted by molar-refractivity contribution is 5.16. The number of aliphatic hydroxyl groups is 1. The quantitative estimate of drug-likeness (QED) is 0.715. The van der Waals surface area contributed by atoms with Crippen LogP contribution in [-0.2, 0) is 6.42 Å². The number of halogens is 1. The van der Waals surface area contributed by atoms with Crippen LogP contribution in [0.25, 0.3) is 0 Å². The van der Waals surface area contributed by atoms with Gasteiger partial charge in [-0.2, -0.15) is 0 Å². The second-order valence-electron chi connectivity index (χ2n) is 4.77. The summed E-state index contributed by atoms with van der Waals surface area (Å²) in [5, 5.41) is 12.5. The molecule has 0 saturated carbocycles. The number of nitrogens with one attached hydrogen (secondary N) is 1. The molecule has 0 aliphatic carbocycles. The molecule has 0 aliphatic rings. The first-order chi connectivity index (χ1) is 8.13. The third-order valence-corrected chi connectivity index (χ3v) is 3.09. The Labute approximate surface area is 103 Å². The summed E-state index contributed by atoms with van der Waals surface area (Å²) in [6.45, 7) is 6.14. The lowest BCUT2D eigenvalue weighted by Gasteiger charge is -2.18. The summed E-state index contributed by atoms with van der Waals surface area (Å²) in [5.74, 6) is 0.600. The van der Waals surface area contributed by atoms with E-state index >= 15 is 0 Å². The van der Waals surface area contributed by atoms with Gasteiger partial charge in [-0.1, -0.05) is 26.0 Å². The van der Waals surface area contributed by atoms with Gasteiger partial charge in [-0.3, -0.25) is 0 Å². The molecule has 0 heterocycles. The topological polar surface area (TPSA) is 32.3 Å². The standard InChI is InChI=1S/C14H22FNO/c1-11(2)13(10-17)9-16-8-7-12-3-5-14(15)6-4-12/h3-6,11,13,16-17H,7-10H2,1-2H3. The molecule has 1 unspecified atom stereocenters. The van der Waals surface area contributed by atoms with Crippen molar-refractivity contribution in [3.8, 4) is 0 Å². The number of rotatable bonds is 7. The lowest BCUT2D eigenvalue weighted by molar-refractivity contribution is 0.186. The first kappa shape index (κ1) is 14.1. The lowest BCUT2D eigenvalue weighted by Crippen LogP contribution is -2.30. The molecule has 0 aliphatic heterocycles. The summed E-state index contributed by atoms with van der Waals surface area (Å²) in [6, 6.07) is 6.59. The van der Waals surface area contributed by atoms with Crippen LogP contribution in [0.1, 0.15) is 19.4 Å². The first-order valence-electron chi connectivity index (χ1n) is 6.19. The van der Waals surface area contributed by atoms with E-state index in [2.05, 4.69) is 19.2 Å². The third-order valence-electron chi connectivity index (χ3n) is 3.09. The largest absolute Gasteiger partial charge is 0.396 e. The Morgan fingerprint density at radius 1 is 1.24 bits per heavy atom. The van der Waals surface area contributed by atoms with Gasteiger partial charge in [0.2, 0.25) is 0 Å². The molecule has 1 atom stereocenters. The third kappa shape index (κ3) is 5.29. The SMILES string of the molecule is CC(C)C(CO)CNCCc1ccc(F)cc1. The molecule has 3 heteroatoms. The van der Waals surface area contributed by atoms with Crippen LogP contribution in [0.5, 0.6) is 0 Å². The molecule has 2 N–H and O–H groups in total. The lowest BCUT2D eigenvalue weighted by atomic mass is 9.97. The molecule has 0 amide bonds. The van der Waals surface area contributed by atoms with Gasteiger partial charge in [0.15, 0.2) is 0 Å². The van der Waals surface area contributed by atoms with Crippen LogP contribution in [0.3, 0.4) is 0 Å². The zero-order valence-corrected chi connectivity index (χ0v) is 10.6. The van der Waals surface area contributed by atoms with E-state index in [4.69, 9.17) is 5.11 Å². The molecule has 17 heavy (non-hydrogen) atoms. The predicted octanol–water partition coefficient (Wildman–Crippen LogP) is 2.22. The Morgan fingerprint density at radius 3 is 2.41 bits per heavy atom. The van der Waals surface area contributed by atoms with Crippen molar-refractivity contribution in [2.24, 2.45) is 11.8 Å². The van der Waals surface area contributed by atoms with Crippen molar-refractivity contribution in [1.82, 2.24) is 5.32 Å². The van der Waals surface area contributed by atoms with Gasteiger partial charge in [-0.25, -0.2) is 4.39 Å². The van der Waals surface area contributed by atoms with Crippen LogP contribution in [0.15, 0.2) is 24.3 Å². The molecule has 1 aromatic carbocycles. The Morgan fingerprint density at radius 2 is 1.88 bits per heavy atom. The van der Waals surface area contributed by atoms with Crippen molar-refractivity contribution < 1.29 is 9.50 Å². The number of hydrogen-bond donors (Lipinski definition) is 2. The minimum atomic E-state index is -0.193. The van der Waals surface area contributed by atoms with Gasteiger partial charge in [0.1, 0.15) is 5.82 Å². The number of hydrogen-bond acceptors (Lipinski definition) is 2. The summed E-state index contributed by atoms with van der Waals surface area (Å²) in [5.41, 5.74) is 1.13. The van der Waals surface area contributed by atoms with E-state index in [1.807, 2.05) is 12.1 Å². The normalized spacial score (nSPS) is 13.0. The van der Waals surface area contributed by atoms with Crippen LogP contribution in [0.2, 0.25) is 0 Å². The van der Waals surface area contributed by atoms with E-state index in [9.17, 15) is 4.39 Å². The highest BCUT2D eigenvalue weighted by Gasteiger charge is 2.10. The van der Waals surface area contributed by atoms with E-state index in [1.54, 1.807) is 0 Å². The number of aliphatic hydroxyl groups excluding tert-OH is 1. The Balaban J connectivity index is 2.22. The van der Waals surface area contributed by atoms with Crippen molar-refractivity contribution in [2.75, 3.05) is 19.7 Å². The summed E-state index contributed by atoms with van der Waals surface area (Å²) in [7, 11) is 0. The fourth-order valence-corrected chi connectivity index (χ4v) is 1.68. The predicted molar refractivity (Wildman–Crippen MR) is 68.4 cm³/mol. The van der Waals surface area contributed by atoms with E-state index < -0.39 is 0 Å². The summed E-state index contributed by atoms with van der Waals surface area (Å²) >= 11 is 0. The van der Waals surface area contributed by atoms with E-state index in [1.165, 1.54) is 12.1 Å². The van der Waals surface area contributed by atoms with Crippen molar-refractivity contribution in [3.63, 3.8) is 0 Å². The summed E-state index contributed by atoms with van der Waals surface area (Å²) in [4.78, 5) is 0. The smallest absolute Gasteiger partial charge is 0.123 e. The van der Waals surface area contributed by atoms with Gasteiger partial charge in [0.25, 0.3) is 0 Å². The monoisotopic (exact) mass is 239 g/mol. The fraction of sp³-hybridized carbons (Fsp3) is 0.571. The summed E-state index contributed by atoms with van der Waals surface area (Å²) in [6.07, 6.45) is 0.885. The Bertz CT molecular complexity index is 311. The highest BCUT2D eigenvalue weighted by atomic mass is 19.1. The average molecular weight is 239 g/mol. The van der Waals surface area contributed by atoms with Gasteiger partial charge >= 0.3 is 0 Å². The van der Waals surface area contributed by atoms with Crippen molar-refractivity contribution in [1.29, 1.82) is 0 Å². The Kier molecular flexibility index (Phi) is 6.16. The van der Waals surface area contributed by atoms with Crippen molar-refractivity contribution in [2.45, 2.75) is 20.3 Å². The maximum Gasteiger partial charge on any atom is 0.123 e. The first-order valence-corrected chi connectivity index (χ1v) is 6.19. The molecule has 2 nitrogen and oxygen atoms in total. The van der Waals surface area contributed by atoms with Gasteiger partial charge in [0, 0.05) is 13.2 Å². The molecule has 1 aromatic rings. The molecule has 1 rings (SSSR count). The number of benzene rings is 1. The van der Waals surface area contributed by atoms with Crippen molar-refractivity contribution in [3.05, 3.63) is 35.6 Å². The van der Waals surface area contributed by atoms with Crippen LogP contribution >= 0.6 is 0 Å². The van der Waals surface area contributed by atoms with Gasteiger partial charge in [-0.05, 0) is 42.5 Å². The van der Waals surface area contributed by atoms with Crippen LogP contribution < -0.4 is 5.32 Å². The van der Waals surface area contributed by atoms with Crippen molar-refractivity contribution >= 4 is 0 Å². The van der Waals surface area contributed by atoms with Gasteiger partial charge < -0.3 is 10.4 Å². The average Bonchev–Trinajstić information content (AvgIpc) is 2.31.